The number of hydrogen-bond donors (Lipinski definition) is 2. The summed E-state index contributed by atoms with van der Waals surface area (Å²) in [5, 5.41) is 6.17. The molecule has 0 bridgehead atoms. The van der Waals surface area contributed by atoms with Crippen LogP contribution in [0.3, 0.4) is 0 Å². The van der Waals surface area contributed by atoms with Gasteiger partial charge in [0.25, 0.3) is 0 Å². The molecule has 0 aromatic heterocycles. The molecule has 2 amide bonds. The second-order valence-electron chi connectivity index (χ2n) is 19.3. The van der Waals surface area contributed by atoms with Gasteiger partial charge in [-0.15, -0.1) is 0 Å². The van der Waals surface area contributed by atoms with Gasteiger partial charge in [-0.05, 0) is 119 Å². The van der Waals surface area contributed by atoms with Crippen molar-refractivity contribution < 1.29 is 14.4 Å². The number of carbonyl (C=O) groups is 3. The van der Waals surface area contributed by atoms with Crippen molar-refractivity contribution in [1.82, 2.24) is 30.2 Å². The minimum atomic E-state index is -0.604. The van der Waals surface area contributed by atoms with E-state index in [0.717, 1.165) is 107 Å². The molecular weight excluding hydrogens is 897 g/mol. The first kappa shape index (κ1) is 52.2. The maximum atomic E-state index is 14.0. The Morgan fingerprint density at radius 2 is 1.09 bits per heavy atom. The number of rotatable bonds is 25. The van der Waals surface area contributed by atoms with E-state index in [1.807, 2.05) is 44.4 Å². The van der Waals surface area contributed by atoms with Crippen LogP contribution in [0.25, 0.3) is 5.57 Å². The van der Waals surface area contributed by atoms with E-state index >= 15 is 0 Å². The van der Waals surface area contributed by atoms with E-state index in [2.05, 4.69) is 147 Å². The fourth-order valence-corrected chi connectivity index (χ4v) is 12.2. The molecule has 69 heavy (non-hydrogen) atoms. The minimum Gasteiger partial charge on any atom is -0.369 e. The first-order valence-corrected chi connectivity index (χ1v) is 27.5. The van der Waals surface area contributed by atoms with Gasteiger partial charge in [-0.2, -0.15) is 0 Å². The van der Waals surface area contributed by atoms with Gasteiger partial charge in [0.1, 0.15) is 0 Å². The van der Waals surface area contributed by atoms with Gasteiger partial charge in [0.2, 0.25) is 11.8 Å². The maximum Gasteiger partial charge on any atom is 0.221 e. The molecule has 4 aromatic carbocycles. The molecule has 2 heterocycles. The van der Waals surface area contributed by atoms with Gasteiger partial charge in [-0.3, -0.25) is 34.0 Å². The Kier molecular flexibility index (Phi) is 18.9. The van der Waals surface area contributed by atoms with E-state index in [-0.39, 0.29) is 23.1 Å². The fraction of sp³-hybridized carbons (Fsp3) is 0.482. The fourth-order valence-electron chi connectivity index (χ4n) is 10.4. The average molecular weight is 973 g/mol. The van der Waals surface area contributed by atoms with Gasteiger partial charge in [-0.25, -0.2) is 0 Å². The SMILES string of the molecule is CCC(Cc1ccccc1)(C(=O)c1ccc(N2CCN(CCC(=O)NCCSSCCNC(=O)CCN3CCN(c4ccc(C5=C(C)C5(Cc5ccccc5)N(C)C)cc4)CC3)CC2)cc1)N(C)C. The monoisotopic (exact) mass is 973 g/mol. The van der Waals surface area contributed by atoms with Crippen molar-refractivity contribution in [3.63, 3.8) is 0 Å². The molecule has 2 aliphatic heterocycles. The number of likely N-dealkylation sites (N-methyl/N-ethyl adjacent to an activating group) is 2. The molecule has 2 fully saturated rings. The number of piperazine rings is 2. The Labute approximate surface area is 420 Å². The summed E-state index contributed by atoms with van der Waals surface area (Å²) in [7, 11) is 11.9. The number of nitrogens with one attached hydrogen (secondary N) is 2. The van der Waals surface area contributed by atoms with E-state index in [9.17, 15) is 14.4 Å². The van der Waals surface area contributed by atoms with Gasteiger partial charge < -0.3 is 20.4 Å². The van der Waals surface area contributed by atoms with Crippen LogP contribution in [0.1, 0.15) is 60.2 Å². The molecule has 11 nitrogen and oxygen atoms in total. The molecule has 0 spiro atoms. The molecule has 1 aliphatic carbocycles. The predicted molar refractivity (Wildman–Crippen MR) is 291 cm³/mol. The van der Waals surface area contributed by atoms with Crippen molar-refractivity contribution in [3.05, 3.63) is 137 Å². The largest absolute Gasteiger partial charge is 0.369 e. The Hall–Kier alpha value is -4.63. The Balaban J connectivity index is 0.696. The van der Waals surface area contributed by atoms with Gasteiger partial charge in [-0.1, -0.05) is 101 Å². The highest BCUT2D eigenvalue weighted by molar-refractivity contribution is 8.76. The summed E-state index contributed by atoms with van der Waals surface area (Å²) >= 11 is 0. The van der Waals surface area contributed by atoms with Crippen LogP contribution in [0.2, 0.25) is 0 Å². The Bertz CT molecular complexity index is 2300. The van der Waals surface area contributed by atoms with Crippen LogP contribution in [-0.4, -0.2) is 167 Å². The topological polar surface area (TPSA) is 94.7 Å². The third kappa shape index (κ3) is 13.4. The van der Waals surface area contributed by atoms with Crippen molar-refractivity contribution in [2.75, 3.05) is 128 Å². The second-order valence-corrected chi connectivity index (χ2v) is 22.0. The van der Waals surface area contributed by atoms with Crippen LogP contribution >= 0.6 is 21.6 Å². The lowest BCUT2D eigenvalue weighted by Crippen LogP contribution is -2.52. The lowest BCUT2D eigenvalue weighted by molar-refractivity contribution is -0.122. The number of nitrogens with zero attached hydrogens (tertiary/aromatic N) is 6. The quantitative estimate of drug-likeness (QED) is 0.0394. The highest BCUT2D eigenvalue weighted by Crippen LogP contribution is 2.55. The number of carbonyl (C=O) groups excluding carboxylic acids is 3. The molecule has 2 N–H and O–H groups in total. The van der Waals surface area contributed by atoms with E-state index in [4.69, 9.17) is 0 Å². The summed E-state index contributed by atoms with van der Waals surface area (Å²) < 4.78 is 0. The minimum absolute atomic E-state index is 0.0111. The molecule has 0 saturated carbocycles. The third-order valence-corrected chi connectivity index (χ3v) is 17.2. The van der Waals surface area contributed by atoms with E-state index in [1.165, 1.54) is 28.0 Å². The van der Waals surface area contributed by atoms with Crippen molar-refractivity contribution >= 4 is 56.1 Å². The number of benzene rings is 4. The molecule has 3 aliphatic rings. The smallest absolute Gasteiger partial charge is 0.221 e. The summed E-state index contributed by atoms with van der Waals surface area (Å²) in [4.78, 5) is 53.3. The molecule has 4 aromatic rings. The number of Topliss-reactive ketones (excluding diaryl/α,β-unsaturated/α-hetero) is 1. The van der Waals surface area contributed by atoms with Crippen molar-refractivity contribution in [1.29, 1.82) is 0 Å². The van der Waals surface area contributed by atoms with Crippen LogP contribution in [0, 0.1) is 0 Å². The zero-order chi connectivity index (χ0) is 48.8. The first-order valence-electron chi connectivity index (χ1n) is 25.1. The van der Waals surface area contributed by atoms with Crippen LogP contribution in [0.5, 0.6) is 0 Å². The zero-order valence-corrected chi connectivity index (χ0v) is 43.7. The van der Waals surface area contributed by atoms with E-state index in [1.54, 1.807) is 21.6 Å². The van der Waals surface area contributed by atoms with Gasteiger partial charge >= 0.3 is 0 Å². The molecule has 2 atom stereocenters. The number of anilines is 2. The first-order chi connectivity index (χ1) is 33.4. The summed E-state index contributed by atoms with van der Waals surface area (Å²) in [6.07, 6.45) is 3.40. The van der Waals surface area contributed by atoms with Crippen LogP contribution in [0.15, 0.2) is 115 Å². The van der Waals surface area contributed by atoms with Crippen LogP contribution in [-0.2, 0) is 22.4 Å². The summed E-state index contributed by atoms with van der Waals surface area (Å²) in [5.41, 5.74) is 9.28. The third-order valence-electron chi connectivity index (χ3n) is 14.8. The van der Waals surface area contributed by atoms with Gasteiger partial charge in [0, 0.05) is 120 Å². The molecule has 370 valence electrons. The van der Waals surface area contributed by atoms with Crippen LogP contribution < -0.4 is 20.4 Å². The number of hydrogen-bond acceptors (Lipinski definition) is 11. The lowest BCUT2D eigenvalue weighted by Gasteiger charge is -2.38. The number of ketones is 1. The van der Waals surface area contributed by atoms with E-state index < -0.39 is 5.54 Å². The number of amides is 2. The second kappa shape index (κ2) is 25.0. The lowest BCUT2D eigenvalue weighted by atomic mass is 9.80. The van der Waals surface area contributed by atoms with Gasteiger partial charge in [0.05, 0.1) is 11.1 Å². The molecular formula is C56H76N8O3S2. The normalized spacial score (nSPS) is 18.7. The standard InChI is InChI=1S/C56H76N8O3S2/c1-7-55(59(3)4,42-45-14-10-8-11-15-45)54(67)48-20-24-50(25-21-48)64-38-34-62(35-39-64)31-27-52(66)58-29-41-69-68-40-28-57-51(65)26-30-61-32-36-63(37-33-61)49-22-18-47(19-23-49)53-44(2)56(53,60(5)6)43-46-16-12-9-13-17-46/h8-25H,7,26-43H2,1-6H3,(H,57,65)(H,58,66). The summed E-state index contributed by atoms with van der Waals surface area (Å²) in [6, 6.07) is 38.4. The molecule has 0 radical (unpaired) electrons. The molecule has 2 unspecified atom stereocenters. The summed E-state index contributed by atoms with van der Waals surface area (Å²) in [5.74, 6) is 2.02. The highest BCUT2D eigenvalue weighted by atomic mass is 33.1. The van der Waals surface area contributed by atoms with Crippen molar-refractivity contribution in [3.8, 4) is 0 Å². The van der Waals surface area contributed by atoms with E-state index in [0.29, 0.717) is 32.4 Å². The average Bonchev–Trinajstić information content (AvgIpc) is 3.98. The Morgan fingerprint density at radius 3 is 1.54 bits per heavy atom. The molecule has 7 rings (SSSR count). The predicted octanol–water partition coefficient (Wildman–Crippen LogP) is 7.49. The molecule has 13 heteroatoms. The molecule has 2 saturated heterocycles. The van der Waals surface area contributed by atoms with Crippen molar-refractivity contribution in [2.24, 2.45) is 0 Å². The van der Waals surface area contributed by atoms with Gasteiger partial charge in [0.15, 0.2) is 5.78 Å². The zero-order valence-electron chi connectivity index (χ0n) is 42.1. The van der Waals surface area contributed by atoms with Crippen LogP contribution in [0.4, 0.5) is 11.4 Å². The summed E-state index contributed by atoms with van der Waals surface area (Å²) in [6.45, 7) is 14.6. The van der Waals surface area contributed by atoms with Crippen molar-refractivity contribution in [2.45, 2.75) is 57.0 Å². The Morgan fingerprint density at radius 1 is 0.623 bits per heavy atom. The maximum absolute atomic E-state index is 14.0. The highest BCUT2D eigenvalue weighted by Gasteiger charge is 2.52.